The van der Waals surface area contributed by atoms with Gasteiger partial charge in [-0.1, -0.05) is 86.3 Å². The van der Waals surface area contributed by atoms with Gasteiger partial charge in [0.05, 0.1) is 16.5 Å². The van der Waals surface area contributed by atoms with Crippen LogP contribution in [0.25, 0.3) is 22.0 Å². The van der Waals surface area contributed by atoms with Crippen LogP contribution in [0.5, 0.6) is 0 Å². The molecule has 0 bridgehead atoms. The minimum absolute atomic E-state index is 0.0541. The molecular weight excluding hydrogens is 640 g/mol. The van der Waals surface area contributed by atoms with Crippen LogP contribution in [0.1, 0.15) is 30.5 Å². The van der Waals surface area contributed by atoms with Gasteiger partial charge in [0, 0.05) is 25.4 Å². The summed E-state index contributed by atoms with van der Waals surface area (Å²) >= 11 is 1.31. The lowest BCUT2D eigenvalue weighted by molar-refractivity contribution is -0.137. The molecule has 11 heteroatoms. The SMILES string of the molecule is CCN(CC)CCN(Cc1ccc(-c2ccc(C(F)(F)F)cc2)cc1)C(=O)Cn1c(SCc2ccc(F)cc2)nc(=O)c2ccccc21. The van der Waals surface area contributed by atoms with Crippen molar-refractivity contribution in [2.24, 2.45) is 0 Å². The second-order valence-corrected chi connectivity index (χ2v) is 12.3. The monoisotopic (exact) mass is 676 g/mol. The third-order valence-electron chi connectivity index (χ3n) is 8.23. The lowest BCUT2D eigenvalue weighted by Crippen LogP contribution is -2.40. The van der Waals surface area contributed by atoms with Gasteiger partial charge in [-0.05, 0) is 71.7 Å². The minimum atomic E-state index is -4.40. The summed E-state index contributed by atoms with van der Waals surface area (Å²) in [6.45, 7) is 7.19. The Hall–Kier alpha value is -4.48. The van der Waals surface area contributed by atoms with Gasteiger partial charge in [0.15, 0.2) is 5.16 Å². The van der Waals surface area contributed by atoms with E-state index in [1.165, 1.54) is 36.0 Å². The number of hydrogen-bond donors (Lipinski definition) is 0. The molecule has 4 aromatic carbocycles. The molecule has 250 valence electrons. The second-order valence-electron chi connectivity index (χ2n) is 11.3. The number of benzene rings is 4. The van der Waals surface area contributed by atoms with Crippen LogP contribution in [-0.4, -0.2) is 51.4 Å². The van der Waals surface area contributed by atoms with Crippen molar-refractivity contribution in [3.63, 3.8) is 0 Å². The van der Waals surface area contributed by atoms with Crippen molar-refractivity contribution in [2.75, 3.05) is 26.2 Å². The first-order chi connectivity index (χ1) is 23.0. The van der Waals surface area contributed by atoms with Gasteiger partial charge < -0.3 is 14.4 Å². The summed E-state index contributed by atoms with van der Waals surface area (Å²) in [4.78, 5) is 35.5. The Kier molecular flexibility index (Phi) is 11.3. The second kappa shape index (κ2) is 15.6. The van der Waals surface area contributed by atoms with Gasteiger partial charge in [-0.15, -0.1) is 0 Å². The third-order valence-corrected chi connectivity index (χ3v) is 9.28. The van der Waals surface area contributed by atoms with E-state index in [1.54, 1.807) is 39.8 Å². The Labute approximate surface area is 281 Å². The third kappa shape index (κ3) is 8.70. The molecule has 5 rings (SSSR count). The summed E-state index contributed by atoms with van der Waals surface area (Å²) in [5.74, 6) is -0.0711. The average molecular weight is 677 g/mol. The van der Waals surface area contributed by atoms with E-state index >= 15 is 0 Å². The van der Waals surface area contributed by atoms with Crippen LogP contribution in [0.2, 0.25) is 0 Å². The highest BCUT2D eigenvalue weighted by molar-refractivity contribution is 7.98. The molecule has 0 unspecified atom stereocenters. The van der Waals surface area contributed by atoms with Crippen LogP contribution >= 0.6 is 11.8 Å². The molecule has 0 saturated carbocycles. The van der Waals surface area contributed by atoms with Crippen LogP contribution in [0, 0.1) is 5.82 Å². The molecule has 0 radical (unpaired) electrons. The molecular formula is C37H36F4N4O2S. The van der Waals surface area contributed by atoms with E-state index in [9.17, 15) is 27.2 Å². The van der Waals surface area contributed by atoms with Gasteiger partial charge in [-0.25, -0.2) is 4.39 Å². The molecule has 1 amide bonds. The van der Waals surface area contributed by atoms with Crippen LogP contribution in [0.4, 0.5) is 17.6 Å². The molecule has 0 aliphatic rings. The lowest BCUT2D eigenvalue weighted by atomic mass is 10.0. The Bertz CT molecular complexity index is 1890. The van der Waals surface area contributed by atoms with Crippen molar-refractivity contribution in [1.29, 1.82) is 0 Å². The van der Waals surface area contributed by atoms with Crippen molar-refractivity contribution < 1.29 is 22.4 Å². The zero-order chi connectivity index (χ0) is 34.3. The molecule has 0 spiro atoms. The number of carbonyl (C=O) groups is 1. The minimum Gasteiger partial charge on any atom is -0.336 e. The predicted octanol–water partition coefficient (Wildman–Crippen LogP) is 7.88. The van der Waals surface area contributed by atoms with E-state index in [0.717, 1.165) is 41.9 Å². The fraction of sp³-hybridized carbons (Fsp3) is 0.270. The maximum absolute atomic E-state index is 14.1. The smallest absolute Gasteiger partial charge is 0.336 e. The van der Waals surface area contributed by atoms with Gasteiger partial charge in [0.25, 0.3) is 5.56 Å². The van der Waals surface area contributed by atoms with Gasteiger partial charge in [0.2, 0.25) is 5.91 Å². The Morgan fingerprint density at radius 3 is 2.04 bits per heavy atom. The molecule has 0 saturated heterocycles. The number of aromatic nitrogens is 2. The highest BCUT2D eigenvalue weighted by Crippen LogP contribution is 2.31. The number of rotatable bonds is 13. The van der Waals surface area contributed by atoms with E-state index in [1.807, 2.05) is 30.3 Å². The number of nitrogens with zero attached hydrogens (tertiary/aromatic N) is 4. The average Bonchev–Trinajstić information content (AvgIpc) is 3.09. The topological polar surface area (TPSA) is 58.4 Å². The number of carbonyl (C=O) groups excluding carboxylic acids is 1. The van der Waals surface area contributed by atoms with Crippen LogP contribution < -0.4 is 5.56 Å². The van der Waals surface area contributed by atoms with E-state index in [2.05, 4.69) is 23.7 Å². The molecule has 1 heterocycles. The molecule has 1 aromatic heterocycles. The first-order valence-corrected chi connectivity index (χ1v) is 16.7. The number of alkyl halides is 3. The summed E-state index contributed by atoms with van der Waals surface area (Å²) in [5, 5.41) is 0.797. The predicted molar refractivity (Wildman–Crippen MR) is 182 cm³/mol. The zero-order valence-corrected chi connectivity index (χ0v) is 27.5. The largest absolute Gasteiger partial charge is 0.416 e. The summed E-state index contributed by atoms with van der Waals surface area (Å²) in [6.07, 6.45) is -4.40. The highest BCUT2D eigenvalue weighted by atomic mass is 32.2. The normalized spacial score (nSPS) is 11.7. The zero-order valence-electron chi connectivity index (χ0n) is 26.7. The number of amides is 1. The van der Waals surface area contributed by atoms with Gasteiger partial charge >= 0.3 is 6.18 Å². The number of fused-ring (bicyclic) bond motifs is 1. The molecule has 6 nitrogen and oxygen atoms in total. The highest BCUT2D eigenvalue weighted by Gasteiger charge is 2.30. The fourth-order valence-corrected chi connectivity index (χ4v) is 6.35. The molecule has 0 atom stereocenters. The summed E-state index contributed by atoms with van der Waals surface area (Å²) < 4.78 is 54.3. The number of thioether (sulfide) groups is 1. The van der Waals surface area contributed by atoms with Crippen LogP contribution in [0.15, 0.2) is 107 Å². The summed E-state index contributed by atoms with van der Waals surface area (Å²) in [7, 11) is 0. The van der Waals surface area contributed by atoms with E-state index in [-0.39, 0.29) is 23.8 Å². The van der Waals surface area contributed by atoms with Crippen molar-refractivity contribution in [1.82, 2.24) is 19.4 Å². The summed E-state index contributed by atoms with van der Waals surface area (Å²) in [6, 6.07) is 25.7. The quantitative estimate of drug-likeness (QED) is 0.0722. The number of halogens is 4. The molecule has 0 N–H and O–H groups in total. The van der Waals surface area contributed by atoms with E-state index in [4.69, 9.17) is 0 Å². The Balaban J connectivity index is 1.41. The van der Waals surface area contributed by atoms with Gasteiger partial charge in [-0.3, -0.25) is 9.59 Å². The van der Waals surface area contributed by atoms with Crippen molar-refractivity contribution in [2.45, 2.75) is 44.0 Å². The number of likely N-dealkylation sites (N-methyl/N-ethyl adjacent to an activating group) is 1. The van der Waals surface area contributed by atoms with Crippen molar-refractivity contribution >= 4 is 28.6 Å². The maximum atomic E-state index is 14.1. The van der Waals surface area contributed by atoms with E-state index in [0.29, 0.717) is 47.0 Å². The van der Waals surface area contributed by atoms with Crippen LogP contribution in [0.3, 0.4) is 0 Å². The first kappa shape index (κ1) is 34.8. The Morgan fingerprint density at radius 1 is 0.812 bits per heavy atom. The number of para-hydroxylation sites is 1. The molecule has 0 fully saturated rings. The van der Waals surface area contributed by atoms with Crippen molar-refractivity contribution in [3.8, 4) is 11.1 Å². The van der Waals surface area contributed by atoms with Gasteiger partial charge in [0.1, 0.15) is 12.4 Å². The number of hydrogen-bond acceptors (Lipinski definition) is 5. The molecule has 5 aromatic rings. The summed E-state index contributed by atoms with van der Waals surface area (Å²) in [5.41, 5.74) is 2.65. The van der Waals surface area contributed by atoms with Gasteiger partial charge in [-0.2, -0.15) is 18.2 Å². The standard InChI is InChI=1S/C37H36F4N4O2S/c1-3-43(4-2)21-22-44(23-26-9-13-28(14-10-26)29-15-17-30(18-16-29)37(39,40)41)34(46)24-45-33-8-6-5-7-32(33)35(47)42-36(45)48-25-27-11-19-31(38)20-12-27/h5-20H,3-4,21-25H2,1-2H3. The van der Waals surface area contributed by atoms with Crippen LogP contribution in [-0.2, 0) is 29.8 Å². The van der Waals surface area contributed by atoms with E-state index < -0.39 is 11.7 Å². The Morgan fingerprint density at radius 2 is 1.42 bits per heavy atom. The molecule has 0 aliphatic carbocycles. The molecule has 0 aliphatic heterocycles. The van der Waals surface area contributed by atoms with Crippen molar-refractivity contribution in [3.05, 3.63) is 130 Å². The maximum Gasteiger partial charge on any atom is 0.416 e. The molecule has 48 heavy (non-hydrogen) atoms. The fourth-order valence-electron chi connectivity index (χ4n) is 5.40. The lowest BCUT2D eigenvalue weighted by Gasteiger charge is -2.28. The first-order valence-electron chi connectivity index (χ1n) is 15.7.